The average Bonchev–Trinajstić information content (AvgIpc) is 2.64. The number of aliphatic hydroxyl groups excluding tert-OH is 1. The molecule has 0 bridgehead atoms. The van der Waals surface area contributed by atoms with E-state index in [2.05, 4.69) is 24.8 Å². The van der Waals surface area contributed by atoms with E-state index in [4.69, 9.17) is 9.84 Å². The van der Waals surface area contributed by atoms with E-state index >= 15 is 0 Å². The lowest BCUT2D eigenvalue weighted by Gasteiger charge is -2.03. The standard InChI is InChI=1S/C15H28O2.C5H8O3/c1-3-5-6-7-8-9-10-11-12-13-14-17-15(16)4-2;1-2-5(7)8-4-3-6/h4H,2-3,5-14H2,1H3;2,6H,1,3-4H2. The molecule has 5 heteroatoms. The summed E-state index contributed by atoms with van der Waals surface area (Å²) in [6.07, 6.45) is 15.2. The molecule has 0 heterocycles. The Morgan fingerprint density at radius 2 is 1.16 bits per heavy atom. The molecule has 0 aliphatic heterocycles. The van der Waals surface area contributed by atoms with E-state index in [-0.39, 0.29) is 19.2 Å². The Morgan fingerprint density at radius 3 is 1.56 bits per heavy atom. The second kappa shape index (κ2) is 22.4. The second-order valence-electron chi connectivity index (χ2n) is 5.65. The minimum Gasteiger partial charge on any atom is -0.463 e. The van der Waals surface area contributed by atoms with E-state index in [9.17, 15) is 9.59 Å². The summed E-state index contributed by atoms with van der Waals surface area (Å²) in [6.45, 7) is 9.21. The number of hydrogen-bond donors (Lipinski definition) is 1. The van der Waals surface area contributed by atoms with Gasteiger partial charge >= 0.3 is 11.9 Å². The number of hydrogen-bond acceptors (Lipinski definition) is 5. The van der Waals surface area contributed by atoms with Crippen molar-refractivity contribution in [2.24, 2.45) is 0 Å². The highest BCUT2D eigenvalue weighted by Gasteiger charge is 1.95. The summed E-state index contributed by atoms with van der Waals surface area (Å²) in [4.78, 5) is 20.9. The summed E-state index contributed by atoms with van der Waals surface area (Å²) >= 11 is 0. The summed E-state index contributed by atoms with van der Waals surface area (Å²) in [7, 11) is 0. The quantitative estimate of drug-likeness (QED) is 0.268. The van der Waals surface area contributed by atoms with Crippen LogP contribution in [0.15, 0.2) is 25.3 Å². The summed E-state index contributed by atoms with van der Waals surface area (Å²) in [5.41, 5.74) is 0. The Balaban J connectivity index is 0. The molecule has 25 heavy (non-hydrogen) atoms. The Labute approximate surface area is 153 Å². The molecule has 0 aromatic carbocycles. The van der Waals surface area contributed by atoms with E-state index in [0.717, 1.165) is 12.5 Å². The number of aliphatic hydroxyl groups is 1. The van der Waals surface area contributed by atoms with E-state index in [1.807, 2.05) is 0 Å². The molecule has 0 radical (unpaired) electrons. The van der Waals surface area contributed by atoms with Gasteiger partial charge in [-0.15, -0.1) is 0 Å². The predicted molar refractivity (Wildman–Crippen MR) is 101 cm³/mol. The zero-order chi connectivity index (χ0) is 19.2. The van der Waals surface area contributed by atoms with Crippen molar-refractivity contribution in [1.29, 1.82) is 0 Å². The van der Waals surface area contributed by atoms with Crippen molar-refractivity contribution >= 4 is 11.9 Å². The van der Waals surface area contributed by atoms with Crippen LogP contribution in [0.2, 0.25) is 0 Å². The Morgan fingerprint density at radius 1 is 0.760 bits per heavy atom. The van der Waals surface area contributed by atoms with Crippen molar-refractivity contribution in [2.75, 3.05) is 19.8 Å². The molecule has 0 aromatic rings. The molecule has 0 rings (SSSR count). The van der Waals surface area contributed by atoms with Crippen molar-refractivity contribution in [3.05, 3.63) is 25.3 Å². The van der Waals surface area contributed by atoms with E-state index in [0.29, 0.717) is 6.61 Å². The van der Waals surface area contributed by atoms with Gasteiger partial charge in [0.2, 0.25) is 0 Å². The smallest absolute Gasteiger partial charge is 0.330 e. The maximum Gasteiger partial charge on any atom is 0.330 e. The van der Waals surface area contributed by atoms with Crippen molar-refractivity contribution in [3.63, 3.8) is 0 Å². The van der Waals surface area contributed by atoms with Gasteiger partial charge in [-0.25, -0.2) is 9.59 Å². The van der Waals surface area contributed by atoms with Gasteiger partial charge in [-0.2, -0.15) is 0 Å². The van der Waals surface area contributed by atoms with Gasteiger partial charge in [-0.05, 0) is 6.42 Å². The van der Waals surface area contributed by atoms with Crippen molar-refractivity contribution in [1.82, 2.24) is 0 Å². The zero-order valence-corrected chi connectivity index (χ0v) is 15.8. The fourth-order valence-electron chi connectivity index (χ4n) is 2.03. The lowest BCUT2D eigenvalue weighted by Crippen LogP contribution is -2.04. The molecule has 0 amide bonds. The van der Waals surface area contributed by atoms with Gasteiger partial charge in [-0.3, -0.25) is 0 Å². The first kappa shape index (κ1) is 25.6. The van der Waals surface area contributed by atoms with Crippen LogP contribution in [0.3, 0.4) is 0 Å². The van der Waals surface area contributed by atoms with Crippen LogP contribution in [0.1, 0.15) is 71.1 Å². The van der Waals surface area contributed by atoms with Crippen LogP contribution in [0.5, 0.6) is 0 Å². The highest BCUT2D eigenvalue weighted by atomic mass is 16.5. The van der Waals surface area contributed by atoms with Gasteiger partial charge in [0.05, 0.1) is 13.2 Å². The number of esters is 2. The maximum atomic E-state index is 10.7. The second-order valence-corrected chi connectivity index (χ2v) is 5.65. The maximum absolute atomic E-state index is 10.7. The molecule has 0 spiro atoms. The molecule has 0 aliphatic rings. The number of rotatable bonds is 15. The van der Waals surface area contributed by atoms with Gasteiger partial charge < -0.3 is 14.6 Å². The molecular weight excluding hydrogens is 320 g/mol. The highest BCUT2D eigenvalue weighted by Crippen LogP contribution is 2.10. The third kappa shape index (κ3) is 24.7. The summed E-state index contributed by atoms with van der Waals surface area (Å²) in [5.74, 6) is -0.806. The lowest BCUT2D eigenvalue weighted by molar-refractivity contribution is -0.139. The first-order valence-electron chi connectivity index (χ1n) is 9.31. The van der Waals surface area contributed by atoms with E-state index in [1.165, 1.54) is 63.9 Å². The number of ether oxygens (including phenoxy) is 2. The highest BCUT2D eigenvalue weighted by molar-refractivity contribution is 5.81. The van der Waals surface area contributed by atoms with Crippen LogP contribution < -0.4 is 0 Å². The molecule has 0 atom stereocenters. The van der Waals surface area contributed by atoms with Crippen molar-refractivity contribution < 1.29 is 24.2 Å². The van der Waals surface area contributed by atoms with Gasteiger partial charge in [0.1, 0.15) is 6.61 Å². The van der Waals surface area contributed by atoms with Crippen LogP contribution in [0, 0.1) is 0 Å². The van der Waals surface area contributed by atoms with Gasteiger partial charge in [0.15, 0.2) is 0 Å². The molecule has 5 nitrogen and oxygen atoms in total. The Kier molecular flexibility index (Phi) is 22.9. The predicted octanol–water partition coefficient (Wildman–Crippen LogP) is 4.34. The van der Waals surface area contributed by atoms with Crippen LogP contribution in [-0.2, 0) is 19.1 Å². The van der Waals surface area contributed by atoms with Crippen molar-refractivity contribution in [3.8, 4) is 0 Å². The van der Waals surface area contributed by atoms with Crippen LogP contribution >= 0.6 is 0 Å². The third-order valence-corrected chi connectivity index (χ3v) is 3.41. The largest absolute Gasteiger partial charge is 0.463 e. The molecule has 0 aromatic heterocycles. The molecule has 0 fully saturated rings. The summed E-state index contributed by atoms with van der Waals surface area (Å²) in [5, 5.41) is 8.10. The first-order chi connectivity index (χ1) is 12.1. The first-order valence-corrected chi connectivity index (χ1v) is 9.31. The minimum absolute atomic E-state index is 0.0465. The number of carbonyl (C=O) groups is 2. The molecule has 0 aliphatic carbocycles. The minimum atomic E-state index is -0.501. The van der Waals surface area contributed by atoms with Crippen molar-refractivity contribution in [2.45, 2.75) is 71.1 Å². The van der Waals surface area contributed by atoms with Gasteiger partial charge in [0, 0.05) is 12.2 Å². The SMILES string of the molecule is C=CC(=O)OCCCCCCCCCCCC.C=CC(=O)OCCO. The molecule has 0 unspecified atom stereocenters. The summed E-state index contributed by atoms with van der Waals surface area (Å²) in [6, 6.07) is 0. The van der Waals surface area contributed by atoms with Gasteiger partial charge in [-0.1, -0.05) is 77.9 Å². The third-order valence-electron chi connectivity index (χ3n) is 3.41. The molecule has 146 valence electrons. The summed E-state index contributed by atoms with van der Waals surface area (Å²) < 4.78 is 9.24. The van der Waals surface area contributed by atoms with E-state index in [1.54, 1.807) is 0 Å². The molecular formula is C20H36O5. The number of carbonyl (C=O) groups excluding carboxylic acids is 2. The number of unbranched alkanes of at least 4 members (excludes halogenated alkanes) is 9. The van der Waals surface area contributed by atoms with Crippen LogP contribution in [0.25, 0.3) is 0 Å². The Bertz CT molecular complexity index is 339. The monoisotopic (exact) mass is 356 g/mol. The average molecular weight is 357 g/mol. The molecule has 1 N–H and O–H groups in total. The fraction of sp³-hybridized carbons (Fsp3) is 0.700. The fourth-order valence-corrected chi connectivity index (χ4v) is 2.03. The molecule has 0 saturated heterocycles. The molecule has 0 saturated carbocycles. The normalized spacial score (nSPS) is 9.52. The topological polar surface area (TPSA) is 72.8 Å². The van der Waals surface area contributed by atoms with E-state index < -0.39 is 5.97 Å². The van der Waals surface area contributed by atoms with Gasteiger partial charge in [0.25, 0.3) is 0 Å². The lowest BCUT2D eigenvalue weighted by atomic mass is 10.1. The zero-order valence-electron chi connectivity index (χ0n) is 15.8. The van der Waals surface area contributed by atoms with Crippen LogP contribution in [0.4, 0.5) is 0 Å². The Hall–Kier alpha value is -1.62. The van der Waals surface area contributed by atoms with Crippen LogP contribution in [-0.4, -0.2) is 36.9 Å².